The lowest BCUT2D eigenvalue weighted by Gasteiger charge is -2.32. The zero-order valence-electron chi connectivity index (χ0n) is 18.5. The number of likely N-dealkylation sites (tertiary alicyclic amines) is 1. The lowest BCUT2D eigenvalue weighted by atomic mass is 10.1. The van der Waals surface area contributed by atoms with Crippen molar-refractivity contribution in [2.24, 2.45) is 0 Å². The largest absolute Gasteiger partial charge is 0.474 e. The Morgan fingerprint density at radius 3 is 2.52 bits per heavy atom. The first-order chi connectivity index (χ1) is 15.1. The lowest BCUT2D eigenvalue weighted by molar-refractivity contribution is 0.0938. The van der Waals surface area contributed by atoms with E-state index in [2.05, 4.69) is 33.3 Å². The maximum absolute atomic E-state index is 14.0. The fraction of sp³-hybridized carbons (Fsp3) is 0.520. The van der Waals surface area contributed by atoms with E-state index in [0.717, 1.165) is 48.4 Å². The van der Waals surface area contributed by atoms with E-state index in [9.17, 15) is 4.39 Å². The summed E-state index contributed by atoms with van der Waals surface area (Å²) < 4.78 is 22.8. The molecular formula is C25H31FN4O. The van der Waals surface area contributed by atoms with E-state index < -0.39 is 0 Å². The summed E-state index contributed by atoms with van der Waals surface area (Å²) in [5, 5.41) is 1.07. The maximum atomic E-state index is 14.0. The molecule has 5 nitrogen and oxygen atoms in total. The molecule has 1 aliphatic carbocycles. The zero-order chi connectivity index (χ0) is 21.4. The normalized spacial score (nSPS) is 18.8. The summed E-state index contributed by atoms with van der Waals surface area (Å²) in [7, 11) is 0. The van der Waals surface area contributed by atoms with Gasteiger partial charge >= 0.3 is 0 Å². The topological polar surface area (TPSA) is 43.2 Å². The Labute approximate surface area is 183 Å². The molecule has 0 spiro atoms. The smallest absolute Gasteiger partial charge is 0.226 e. The number of halogens is 1. The molecule has 0 unspecified atom stereocenters. The van der Waals surface area contributed by atoms with Crippen molar-refractivity contribution >= 4 is 11.0 Å². The van der Waals surface area contributed by atoms with Crippen LogP contribution in [0, 0.1) is 19.7 Å². The highest BCUT2D eigenvalue weighted by atomic mass is 19.1. The maximum Gasteiger partial charge on any atom is 0.226 e. The van der Waals surface area contributed by atoms with Crippen LogP contribution in [-0.2, 0) is 6.54 Å². The molecular weight excluding hydrogens is 391 g/mol. The predicted molar refractivity (Wildman–Crippen MR) is 120 cm³/mol. The van der Waals surface area contributed by atoms with Gasteiger partial charge in [0.15, 0.2) is 0 Å². The van der Waals surface area contributed by atoms with Crippen molar-refractivity contribution in [2.75, 3.05) is 13.1 Å². The number of benzene rings is 1. The van der Waals surface area contributed by atoms with E-state index in [1.807, 2.05) is 12.1 Å². The van der Waals surface area contributed by atoms with Gasteiger partial charge in [-0.15, -0.1) is 0 Å². The zero-order valence-corrected chi connectivity index (χ0v) is 18.5. The van der Waals surface area contributed by atoms with E-state index in [1.165, 1.54) is 43.0 Å². The molecule has 5 rings (SSSR count). The summed E-state index contributed by atoms with van der Waals surface area (Å²) >= 11 is 0. The minimum atomic E-state index is -0.123. The monoisotopic (exact) mass is 422 g/mol. The van der Waals surface area contributed by atoms with Gasteiger partial charge in [-0.1, -0.05) is 31.0 Å². The predicted octanol–water partition coefficient (Wildman–Crippen LogP) is 5.35. The van der Waals surface area contributed by atoms with Gasteiger partial charge in [0, 0.05) is 36.9 Å². The van der Waals surface area contributed by atoms with Crippen molar-refractivity contribution in [1.82, 2.24) is 19.4 Å². The van der Waals surface area contributed by atoms with Crippen molar-refractivity contribution in [1.29, 1.82) is 0 Å². The second-order valence-corrected chi connectivity index (χ2v) is 9.08. The average molecular weight is 423 g/mol. The van der Waals surface area contributed by atoms with Crippen LogP contribution in [0.2, 0.25) is 0 Å². The Bertz CT molecular complexity index is 1060. The number of hydrogen-bond acceptors (Lipinski definition) is 4. The molecule has 1 saturated heterocycles. The molecule has 2 aliphatic rings. The third kappa shape index (κ3) is 3.93. The number of ether oxygens (including phenoxy) is 1. The van der Waals surface area contributed by atoms with Gasteiger partial charge < -0.3 is 9.30 Å². The van der Waals surface area contributed by atoms with Crippen molar-refractivity contribution in [3.05, 3.63) is 53.2 Å². The average Bonchev–Trinajstić information content (AvgIpc) is 3.39. The second-order valence-electron chi connectivity index (χ2n) is 9.08. The molecule has 3 heterocycles. The highest BCUT2D eigenvalue weighted by molar-refractivity contribution is 5.86. The van der Waals surface area contributed by atoms with Crippen LogP contribution >= 0.6 is 0 Å². The van der Waals surface area contributed by atoms with Crippen LogP contribution < -0.4 is 4.74 Å². The van der Waals surface area contributed by atoms with Crippen LogP contribution in [0.15, 0.2) is 30.6 Å². The third-order valence-electron chi connectivity index (χ3n) is 7.15. The molecule has 3 aromatic rings. The lowest BCUT2D eigenvalue weighted by Crippen LogP contribution is -2.38. The van der Waals surface area contributed by atoms with Gasteiger partial charge in [0.05, 0.1) is 5.39 Å². The van der Waals surface area contributed by atoms with Gasteiger partial charge in [-0.2, -0.15) is 0 Å². The standard InChI is InChI=1S/C25H31FN4O/c1-17-18(2)30(20-8-4-5-9-20)24-23(17)25(28-16-27-24)31-21-11-13-29(14-12-21)15-19-7-3-6-10-22(19)26/h3,6-7,10,16,20-21H,4-5,8-9,11-15H2,1-2H3. The summed E-state index contributed by atoms with van der Waals surface area (Å²) in [5.41, 5.74) is 4.30. The summed E-state index contributed by atoms with van der Waals surface area (Å²) in [6, 6.07) is 7.59. The van der Waals surface area contributed by atoms with Crippen LogP contribution in [0.25, 0.3) is 11.0 Å². The van der Waals surface area contributed by atoms with Crippen LogP contribution in [0.1, 0.15) is 61.4 Å². The summed E-state index contributed by atoms with van der Waals surface area (Å²) in [5.74, 6) is 0.594. The van der Waals surface area contributed by atoms with Crippen LogP contribution in [0.4, 0.5) is 4.39 Å². The number of aromatic nitrogens is 3. The molecule has 164 valence electrons. The molecule has 2 fully saturated rings. The van der Waals surface area contributed by atoms with E-state index in [-0.39, 0.29) is 11.9 Å². The van der Waals surface area contributed by atoms with Gasteiger partial charge in [-0.25, -0.2) is 14.4 Å². The Morgan fingerprint density at radius 2 is 1.77 bits per heavy atom. The molecule has 0 radical (unpaired) electrons. The first kappa shape index (κ1) is 20.4. The fourth-order valence-corrected chi connectivity index (χ4v) is 5.30. The van der Waals surface area contributed by atoms with Crippen molar-refractivity contribution in [3.8, 4) is 5.88 Å². The fourth-order valence-electron chi connectivity index (χ4n) is 5.30. The summed E-state index contributed by atoms with van der Waals surface area (Å²) in [6.45, 7) is 6.80. The van der Waals surface area contributed by atoms with E-state index in [1.54, 1.807) is 12.4 Å². The SMILES string of the molecule is Cc1c(C)n(C2CCCC2)c2ncnc(OC3CCN(Cc4ccccc4F)CC3)c12. The molecule has 0 N–H and O–H groups in total. The molecule has 0 bridgehead atoms. The molecule has 6 heteroatoms. The highest BCUT2D eigenvalue weighted by Crippen LogP contribution is 2.38. The first-order valence-electron chi connectivity index (χ1n) is 11.6. The third-order valence-corrected chi connectivity index (χ3v) is 7.15. The van der Waals surface area contributed by atoms with Gasteiger partial charge in [-0.05, 0) is 51.2 Å². The summed E-state index contributed by atoms with van der Waals surface area (Å²) in [6.07, 6.45) is 8.66. The Kier molecular flexibility index (Phi) is 5.65. The number of aryl methyl sites for hydroxylation is 1. The van der Waals surface area contributed by atoms with Crippen molar-refractivity contribution in [2.45, 2.75) is 71.1 Å². The Hall–Kier alpha value is -2.47. The number of piperidine rings is 1. The van der Waals surface area contributed by atoms with Crippen molar-refractivity contribution < 1.29 is 9.13 Å². The molecule has 1 saturated carbocycles. The van der Waals surface area contributed by atoms with Gasteiger partial charge in [-0.3, -0.25) is 4.90 Å². The minimum absolute atomic E-state index is 0.123. The molecule has 0 atom stereocenters. The number of hydrogen-bond donors (Lipinski definition) is 0. The summed E-state index contributed by atoms with van der Waals surface area (Å²) in [4.78, 5) is 11.5. The molecule has 2 aromatic heterocycles. The quantitative estimate of drug-likeness (QED) is 0.556. The Morgan fingerprint density at radius 1 is 1.03 bits per heavy atom. The first-order valence-corrected chi connectivity index (χ1v) is 11.6. The van der Waals surface area contributed by atoms with E-state index in [4.69, 9.17) is 4.74 Å². The molecule has 1 aromatic carbocycles. The molecule has 0 amide bonds. The van der Waals surface area contributed by atoms with Crippen molar-refractivity contribution in [3.63, 3.8) is 0 Å². The van der Waals surface area contributed by atoms with E-state index >= 15 is 0 Å². The van der Waals surface area contributed by atoms with Gasteiger partial charge in [0.2, 0.25) is 5.88 Å². The minimum Gasteiger partial charge on any atom is -0.474 e. The molecule has 1 aliphatic heterocycles. The van der Waals surface area contributed by atoms with Crippen LogP contribution in [0.3, 0.4) is 0 Å². The van der Waals surface area contributed by atoms with Crippen LogP contribution in [-0.4, -0.2) is 38.6 Å². The Balaban J connectivity index is 1.30. The second kappa shape index (κ2) is 8.58. The van der Waals surface area contributed by atoms with Gasteiger partial charge in [0.25, 0.3) is 0 Å². The number of fused-ring (bicyclic) bond motifs is 1. The number of rotatable bonds is 5. The molecule has 31 heavy (non-hydrogen) atoms. The van der Waals surface area contributed by atoms with E-state index in [0.29, 0.717) is 12.6 Å². The van der Waals surface area contributed by atoms with Crippen LogP contribution in [0.5, 0.6) is 5.88 Å². The number of nitrogens with zero attached hydrogens (tertiary/aromatic N) is 4. The van der Waals surface area contributed by atoms with Gasteiger partial charge in [0.1, 0.15) is 23.9 Å². The highest BCUT2D eigenvalue weighted by Gasteiger charge is 2.27.